The first-order valence-corrected chi connectivity index (χ1v) is 6.30. The molecular formula is C16H20N2. The van der Waals surface area contributed by atoms with Gasteiger partial charge in [-0.05, 0) is 38.0 Å². The van der Waals surface area contributed by atoms with Crippen molar-refractivity contribution in [3.8, 4) is 0 Å². The van der Waals surface area contributed by atoms with E-state index < -0.39 is 0 Å². The molecule has 0 aliphatic carbocycles. The Labute approximate surface area is 109 Å². The molecule has 2 heteroatoms. The molecule has 1 heterocycles. The van der Waals surface area contributed by atoms with Gasteiger partial charge in [-0.25, -0.2) is 4.98 Å². The van der Waals surface area contributed by atoms with E-state index in [0.29, 0.717) is 6.04 Å². The standard InChI is InChI=1S/C16H20N2/c1-12-5-8-15(9-6-12)14(3)18(4)16-10-7-13(2)11-17-16/h5-11,14H,1-4H3. The minimum absolute atomic E-state index is 0.320. The van der Waals surface area contributed by atoms with Crippen LogP contribution in [0.15, 0.2) is 42.6 Å². The van der Waals surface area contributed by atoms with E-state index in [9.17, 15) is 0 Å². The van der Waals surface area contributed by atoms with Gasteiger partial charge >= 0.3 is 0 Å². The van der Waals surface area contributed by atoms with Gasteiger partial charge < -0.3 is 4.90 Å². The number of aromatic nitrogens is 1. The topological polar surface area (TPSA) is 16.1 Å². The van der Waals surface area contributed by atoms with Crippen LogP contribution in [0.25, 0.3) is 0 Å². The van der Waals surface area contributed by atoms with Gasteiger partial charge in [0.2, 0.25) is 0 Å². The number of anilines is 1. The van der Waals surface area contributed by atoms with Gasteiger partial charge in [-0.15, -0.1) is 0 Å². The first kappa shape index (κ1) is 12.6. The molecule has 0 bridgehead atoms. The Morgan fingerprint density at radius 3 is 2.11 bits per heavy atom. The maximum Gasteiger partial charge on any atom is 0.128 e. The zero-order chi connectivity index (χ0) is 13.1. The Balaban J connectivity index is 2.20. The molecule has 2 nitrogen and oxygen atoms in total. The number of aryl methyl sites for hydroxylation is 2. The fraction of sp³-hybridized carbons (Fsp3) is 0.312. The number of rotatable bonds is 3. The highest BCUT2D eigenvalue weighted by molar-refractivity contribution is 5.42. The summed E-state index contributed by atoms with van der Waals surface area (Å²) >= 11 is 0. The van der Waals surface area contributed by atoms with Crippen molar-refractivity contribution in [2.24, 2.45) is 0 Å². The van der Waals surface area contributed by atoms with Crippen LogP contribution in [0.4, 0.5) is 5.82 Å². The maximum absolute atomic E-state index is 4.47. The second-order valence-electron chi connectivity index (χ2n) is 4.89. The summed E-state index contributed by atoms with van der Waals surface area (Å²) < 4.78 is 0. The first-order valence-electron chi connectivity index (χ1n) is 6.30. The Bertz CT molecular complexity index is 450. The van der Waals surface area contributed by atoms with E-state index in [1.54, 1.807) is 0 Å². The highest BCUT2D eigenvalue weighted by Gasteiger charge is 2.12. The van der Waals surface area contributed by atoms with E-state index in [4.69, 9.17) is 0 Å². The molecule has 2 aromatic rings. The summed E-state index contributed by atoms with van der Waals surface area (Å²) in [5.74, 6) is 1.01. The molecule has 1 atom stereocenters. The predicted molar refractivity (Wildman–Crippen MR) is 77.0 cm³/mol. The van der Waals surface area contributed by atoms with Crippen LogP contribution in [0.2, 0.25) is 0 Å². The van der Waals surface area contributed by atoms with Crippen molar-refractivity contribution in [1.29, 1.82) is 0 Å². The summed E-state index contributed by atoms with van der Waals surface area (Å²) in [5.41, 5.74) is 3.79. The maximum atomic E-state index is 4.47. The lowest BCUT2D eigenvalue weighted by Crippen LogP contribution is -2.22. The van der Waals surface area contributed by atoms with E-state index in [2.05, 4.69) is 74.1 Å². The SMILES string of the molecule is Cc1ccc(C(C)N(C)c2ccc(C)cn2)cc1. The van der Waals surface area contributed by atoms with E-state index in [-0.39, 0.29) is 0 Å². The monoisotopic (exact) mass is 240 g/mol. The molecule has 1 aromatic carbocycles. The smallest absolute Gasteiger partial charge is 0.128 e. The molecular weight excluding hydrogens is 220 g/mol. The third-order valence-corrected chi connectivity index (χ3v) is 3.40. The Morgan fingerprint density at radius 2 is 1.56 bits per heavy atom. The van der Waals surface area contributed by atoms with Crippen LogP contribution in [-0.4, -0.2) is 12.0 Å². The molecule has 0 radical (unpaired) electrons. The average molecular weight is 240 g/mol. The fourth-order valence-corrected chi connectivity index (χ4v) is 1.94. The zero-order valence-electron chi connectivity index (χ0n) is 11.5. The molecule has 0 saturated heterocycles. The normalized spacial score (nSPS) is 12.2. The lowest BCUT2D eigenvalue weighted by molar-refractivity contribution is 0.728. The summed E-state index contributed by atoms with van der Waals surface area (Å²) in [7, 11) is 2.09. The van der Waals surface area contributed by atoms with Gasteiger partial charge in [0.15, 0.2) is 0 Å². The van der Waals surface area contributed by atoms with Crippen molar-refractivity contribution in [3.05, 3.63) is 59.3 Å². The summed E-state index contributed by atoms with van der Waals surface area (Å²) in [6, 6.07) is 13.2. The third-order valence-electron chi connectivity index (χ3n) is 3.40. The zero-order valence-corrected chi connectivity index (χ0v) is 11.5. The predicted octanol–water partition coefficient (Wildman–Crippen LogP) is 3.90. The number of nitrogens with zero attached hydrogens (tertiary/aromatic N) is 2. The van der Waals surface area contributed by atoms with Crippen molar-refractivity contribution in [1.82, 2.24) is 4.98 Å². The van der Waals surface area contributed by atoms with Crippen molar-refractivity contribution in [2.75, 3.05) is 11.9 Å². The number of benzene rings is 1. The summed E-state index contributed by atoms with van der Waals surface area (Å²) in [4.78, 5) is 6.67. The lowest BCUT2D eigenvalue weighted by Gasteiger charge is -2.26. The molecule has 2 rings (SSSR count). The largest absolute Gasteiger partial charge is 0.353 e. The highest BCUT2D eigenvalue weighted by atomic mass is 15.2. The van der Waals surface area contributed by atoms with Crippen LogP contribution in [0.5, 0.6) is 0 Å². The van der Waals surface area contributed by atoms with E-state index in [1.807, 2.05) is 6.20 Å². The van der Waals surface area contributed by atoms with E-state index in [1.165, 1.54) is 16.7 Å². The van der Waals surface area contributed by atoms with Crippen LogP contribution in [-0.2, 0) is 0 Å². The molecule has 0 aliphatic heterocycles. The molecule has 94 valence electrons. The van der Waals surface area contributed by atoms with Crippen LogP contribution in [0.1, 0.15) is 29.7 Å². The Kier molecular flexibility index (Phi) is 3.66. The van der Waals surface area contributed by atoms with Crippen molar-refractivity contribution in [2.45, 2.75) is 26.8 Å². The third kappa shape index (κ3) is 2.70. The Hall–Kier alpha value is -1.83. The van der Waals surface area contributed by atoms with Gasteiger partial charge in [0.25, 0.3) is 0 Å². The van der Waals surface area contributed by atoms with E-state index in [0.717, 1.165) is 5.82 Å². The van der Waals surface area contributed by atoms with Crippen molar-refractivity contribution in [3.63, 3.8) is 0 Å². The van der Waals surface area contributed by atoms with Crippen molar-refractivity contribution >= 4 is 5.82 Å². The van der Waals surface area contributed by atoms with Crippen molar-refractivity contribution < 1.29 is 0 Å². The van der Waals surface area contributed by atoms with Crippen LogP contribution >= 0.6 is 0 Å². The molecule has 0 fully saturated rings. The molecule has 0 spiro atoms. The van der Waals surface area contributed by atoms with Crippen LogP contribution in [0.3, 0.4) is 0 Å². The molecule has 0 aliphatic rings. The fourth-order valence-electron chi connectivity index (χ4n) is 1.94. The molecule has 0 N–H and O–H groups in total. The van der Waals surface area contributed by atoms with Crippen LogP contribution in [0, 0.1) is 13.8 Å². The summed E-state index contributed by atoms with van der Waals surface area (Å²) in [5, 5.41) is 0. The van der Waals surface area contributed by atoms with Crippen LogP contribution < -0.4 is 4.90 Å². The number of pyridine rings is 1. The van der Waals surface area contributed by atoms with Gasteiger partial charge in [-0.1, -0.05) is 35.9 Å². The highest BCUT2D eigenvalue weighted by Crippen LogP contribution is 2.23. The van der Waals surface area contributed by atoms with Gasteiger partial charge in [0.05, 0.1) is 6.04 Å². The quantitative estimate of drug-likeness (QED) is 0.809. The number of hydrogen-bond donors (Lipinski definition) is 0. The number of hydrogen-bond acceptors (Lipinski definition) is 2. The van der Waals surface area contributed by atoms with Gasteiger partial charge in [0, 0.05) is 13.2 Å². The summed E-state index contributed by atoms with van der Waals surface area (Å²) in [6.07, 6.45) is 1.91. The molecule has 18 heavy (non-hydrogen) atoms. The van der Waals surface area contributed by atoms with E-state index >= 15 is 0 Å². The molecule has 0 amide bonds. The minimum atomic E-state index is 0.320. The first-order chi connectivity index (χ1) is 8.58. The molecule has 1 aromatic heterocycles. The average Bonchev–Trinajstić information content (AvgIpc) is 2.39. The lowest BCUT2D eigenvalue weighted by atomic mass is 10.1. The Morgan fingerprint density at radius 1 is 0.944 bits per heavy atom. The summed E-state index contributed by atoms with van der Waals surface area (Å²) in [6.45, 7) is 6.37. The minimum Gasteiger partial charge on any atom is -0.353 e. The second-order valence-corrected chi connectivity index (χ2v) is 4.89. The molecule has 1 unspecified atom stereocenters. The molecule has 0 saturated carbocycles. The van der Waals surface area contributed by atoms with Gasteiger partial charge in [0.1, 0.15) is 5.82 Å². The second kappa shape index (κ2) is 5.21. The van der Waals surface area contributed by atoms with Gasteiger partial charge in [-0.3, -0.25) is 0 Å². The van der Waals surface area contributed by atoms with Gasteiger partial charge in [-0.2, -0.15) is 0 Å².